The maximum absolute atomic E-state index is 11.3. The molecule has 0 saturated heterocycles. The van der Waals surface area contributed by atoms with Gasteiger partial charge >= 0.3 is 5.97 Å². The Morgan fingerprint density at radius 2 is 2.19 bits per heavy atom. The SMILES string of the molecule is COC(=O)CC(=N)N(C)CCNc1c2c(nc3ccccc13)CCC=C2. The Kier molecular flexibility index (Phi) is 5.51. The average Bonchev–Trinajstić information content (AvgIpc) is 2.67. The molecule has 1 heterocycles. The van der Waals surface area contributed by atoms with Gasteiger partial charge in [-0.3, -0.25) is 15.2 Å². The number of fused-ring (bicyclic) bond motifs is 2. The Hall–Kier alpha value is -2.89. The highest BCUT2D eigenvalue weighted by molar-refractivity contribution is 5.97. The van der Waals surface area contributed by atoms with E-state index in [2.05, 4.69) is 28.3 Å². The largest absolute Gasteiger partial charge is 0.469 e. The molecule has 0 spiro atoms. The zero-order valence-electron chi connectivity index (χ0n) is 15.2. The van der Waals surface area contributed by atoms with Crippen molar-refractivity contribution in [2.24, 2.45) is 0 Å². The summed E-state index contributed by atoms with van der Waals surface area (Å²) in [6.45, 7) is 1.28. The van der Waals surface area contributed by atoms with E-state index < -0.39 is 5.97 Å². The van der Waals surface area contributed by atoms with Crippen LogP contribution in [0.2, 0.25) is 0 Å². The monoisotopic (exact) mass is 352 g/mol. The fourth-order valence-corrected chi connectivity index (χ4v) is 3.09. The molecule has 3 rings (SSSR count). The number of anilines is 1. The fraction of sp³-hybridized carbons (Fsp3) is 0.350. The first-order valence-corrected chi connectivity index (χ1v) is 8.77. The van der Waals surface area contributed by atoms with E-state index in [1.54, 1.807) is 4.90 Å². The minimum absolute atomic E-state index is 0.0106. The topological polar surface area (TPSA) is 78.3 Å². The highest BCUT2D eigenvalue weighted by Crippen LogP contribution is 2.32. The molecule has 0 fully saturated rings. The molecular formula is C20H24N4O2. The summed E-state index contributed by atoms with van der Waals surface area (Å²) in [6.07, 6.45) is 6.29. The molecule has 2 aromatic rings. The van der Waals surface area contributed by atoms with Gasteiger partial charge in [-0.2, -0.15) is 0 Å². The molecule has 0 aliphatic heterocycles. The van der Waals surface area contributed by atoms with Gasteiger partial charge in [-0.05, 0) is 18.9 Å². The first-order chi connectivity index (χ1) is 12.6. The molecule has 1 aliphatic rings. The number of hydrogen-bond acceptors (Lipinski definition) is 5. The van der Waals surface area contributed by atoms with Crippen LogP contribution in [0.1, 0.15) is 24.1 Å². The molecule has 6 heteroatoms. The smallest absolute Gasteiger partial charge is 0.313 e. The van der Waals surface area contributed by atoms with E-state index in [-0.39, 0.29) is 12.3 Å². The van der Waals surface area contributed by atoms with Gasteiger partial charge in [0.1, 0.15) is 12.3 Å². The van der Waals surface area contributed by atoms with Gasteiger partial charge < -0.3 is 15.0 Å². The van der Waals surface area contributed by atoms with E-state index in [1.165, 1.54) is 7.11 Å². The third kappa shape index (κ3) is 3.85. The molecule has 0 atom stereocenters. The summed E-state index contributed by atoms with van der Waals surface area (Å²) in [5.74, 6) is -0.144. The van der Waals surface area contributed by atoms with Crippen LogP contribution < -0.4 is 5.32 Å². The number of allylic oxidation sites excluding steroid dienone is 1. The standard InChI is InChI=1S/C20H24N4O2/c1-24(18(21)13-19(25)26-2)12-11-22-20-14-7-3-5-9-16(14)23-17-10-6-4-8-15(17)20/h3-5,7-9,21H,6,10-13H2,1-2H3,(H,22,23). The van der Waals surface area contributed by atoms with Crippen molar-refractivity contribution in [3.05, 3.63) is 41.6 Å². The zero-order valence-corrected chi connectivity index (χ0v) is 15.2. The van der Waals surface area contributed by atoms with Crippen molar-refractivity contribution in [1.29, 1.82) is 5.41 Å². The van der Waals surface area contributed by atoms with Gasteiger partial charge in [-0.15, -0.1) is 0 Å². The molecule has 0 unspecified atom stereocenters. The molecule has 2 N–H and O–H groups in total. The van der Waals surface area contributed by atoms with Crippen molar-refractivity contribution in [3.63, 3.8) is 0 Å². The lowest BCUT2D eigenvalue weighted by molar-refractivity contribution is -0.139. The Morgan fingerprint density at radius 3 is 3.00 bits per heavy atom. The number of carbonyl (C=O) groups is 1. The summed E-state index contributed by atoms with van der Waals surface area (Å²) in [6, 6.07) is 8.14. The van der Waals surface area contributed by atoms with Crippen LogP contribution >= 0.6 is 0 Å². The Balaban J connectivity index is 1.74. The van der Waals surface area contributed by atoms with E-state index in [9.17, 15) is 4.79 Å². The number of methoxy groups -OCH3 is 1. The van der Waals surface area contributed by atoms with E-state index >= 15 is 0 Å². The first-order valence-electron chi connectivity index (χ1n) is 8.77. The number of hydrogen-bond donors (Lipinski definition) is 2. The number of benzene rings is 1. The van der Waals surface area contributed by atoms with Gasteiger partial charge in [-0.25, -0.2) is 0 Å². The molecule has 0 radical (unpaired) electrons. The van der Waals surface area contributed by atoms with E-state index in [4.69, 9.17) is 10.4 Å². The van der Waals surface area contributed by atoms with Crippen LogP contribution in [-0.2, 0) is 16.0 Å². The highest BCUT2D eigenvalue weighted by Gasteiger charge is 2.15. The van der Waals surface area contributed by atoms with E-state index in [1.807, 2.05) is 25.2 Å². The predicted octanol–water partition coefficient (Wildman–Crippen LogP) is 3.08. The van der Waals surface area contributed by atoms with Crippen molar-refractivity contribution < 1.29 is 9.53 Å². The summed E-state index contributed by atoms with van der Waals surface area (Å²) < 4.78 is 4.62. The van der Waals surface area contributed by atoms with Gasteiger partial charge in [-0.1, -0.05) is 30.4 Å². The minimum atomic E-state index is -0.394. The Morgan fingerprint density at radius 1 is 1.38 bits per heavy atom. The number of amidine groups is 1. The lowest BCUT2D eigenvalue weighted by Crippen LogP contribution is -2.32. The zero-order chi connectivity index (χ0) is 18.5. The van der Waals surface area contributed by atoms with Crippen LogP contribution in [0.3, 0.4) is 0 Å². The van der Waals surface area contributed by atoms with Crippen molar-refractivity contribution >= 4 is 34.5 Å². The van der Waals surface area contributed by atoms with Crippen LogP contribution in [-0.4, -0.2) is 48.9 Å². The maximum Gasteiger partial charge on any atom is 0.313 e. The summed E-state index contributed by atoms with van der Waals surface area (Å²) in [5.41, 5.74) is 4.37. The molecule has 6 nitrogen and oxygen atoms in total. The minimum Gasteiger partial charge on any atom is -0.469 e. The van der Waals surface area contributed by atoms with Crippen molar-refractivity contribution in [2.45, 2.75) is 19.3 Å². The maximum atomic E-state index is 11.3. The van der Waals surface area contributed by atoms with E-state index in [0.29, 0.717) is 13.1 Å². The quantitative estimate of drug-likeness (QED) is 0.474. The van der Waals surface area contributed by atoms with Gasteiger partial charge in [0.15, 0.2) is 0 Å². The van der Waals surface area contributed by atoms with Crippen LogP contribution in [0.5, 0.6) is 0 Å². The highest BCUT2D eigenvalue weighted by atomic mass is 16.5. The average molecular weight is 352 g/mol. The fourth-order valence-electron chi connectivity index (χ4n) is 3.09. The number of esters is 1. The van der Waals surface area contributed by atoms with Crippen LogP contribution in [0, 0.1) is 5.41 Å². The summed E-state index contributed by atoms with van der Waals surface area (Å²) >= 11 is 0. The number of aryl methyl sites for hydroxylation is 1. The van der Waals surface area contributed by atoms with Crippen molar-refractivity contribution in [2.75, 3.05) is 32.6 Å². The van der Waals surface area contributed by atoms with Gasteiger partial charge in [0.25, 0.3) is 0 Å². The molecular weight excluding hydrogens is 328 g/mol. The third-order valence-corrected chi connectivity index (χ3v) is 4.59. The Bertz CT molecular complexity index is 860. The predicted molar refractivity (Wildman–Crippen MR) is 105 cm³/mol. The Labute approximate surface area is 153 Å². The van der Waals surface area contributed by atoms with Crippen molar-refractivity contribution in [1.82, 2.24) is 9.88 Å². The van der Waals surface area contributed by atoms with Gasteiger partial charge in [0.05, 0.1) is 24.0 Å². The number of nitrogens with zero attached hydrogens (tertiary/aromatic N) is 2. The molecule has 0 saturated carbocycles. The summed E-state index contributed by atoms with van der Waals surface area (Å²) in [4.78, 5) is 17.9. The van der Waals surface area contributed by atoms with Gasteiger partial charge in [0, 0.05) is 31.1 Å². The molecule has 0 amide bonds. The number of aromatic nitrogens is 1. The molecule has 1 aliphatic carbocycles. The second-order valence-corrected chi connectivity index (χ2v) is 6.35. The molecule has 136 valence electrons. The number of carbonyl (C=O) groups excluding carboxylic acids is 1. The summed E-state index contributed by atoms with van der Waals surface area (Å²) in [7, 11) is 3.15. The van der Waals surface area contributed by atoms with Crippen molar-refractivity contribution in [3.8, 4) is 0 Å². The van der Waals surface area contributed by atoms with Crippen LogP contribution in [0.4, 0.5) is 5.69 Å². The van der Waals surface area contributed by atoms with Gasteiger partial charge in [0.2, 0.25) is 0 Å². The normalized spacial score (nSPS) is 12.5. The molecule has 1 aromatic carbocycles. The molecule has 26 heavy (non-hydrogen) atoms. The second kappa shape index (κ2) is 7.99. The number of nitrogens with one attached hydrogen (secondary N) is 2. The number of pyridine rings is 1. The summed E-state index contributed by atoms with van der Waals surface area (Å²) in [5, 5.41) is 12.6. The number of para-hydroxylation sites is 1. The molecule has 1 aromatic heterocycles. The first kappa shape index (κ1) is 17.9. The lowest BCUT2D eigenvalue weighted by atomic mass is 9.98. The lowest BCUT2D eigenvalue weighted by Gasteiger charge is -2.22. The van der Waals surface area contributed by atoms with Crippen LogP contribution in [0.15, 0.2) is 30.3 Å². The van der Waals surface area contributed by atoms with Crippen LogP contribution in [0.25, 0.3) is 17.0 Å². The number of ether oxygens (including phenoxy) is 1. The third-order valence-electron chi connectivity index (χ3n) is 4.59. The molecule has 0 bridgehead atoms. The number of rotatable bonds is 6. The second-order valence-electron chi connectivity index (χ2n) is 6.35. The number of likely N-dealkylation sites (N-methyl/N-ethyl adjacent to an activating group) is 1. The van der Waals surface area contributed by atoms with E-state index in [0.717, 1.165) is 40.7 Å².